The lowest BCUT2D eigenvalue weighted by atomic mass is 10.1. The molecular weight excluding hydrogens is 276 g/mol. The number of hydrogen-bond donors (Lipinski definition) is 1. The van der Waals surface area contributed by atoms with Gasteiger partial charge in [-0.3, -0.25) is 9.59 Å². The molecule has 4 nitrogen and oxygen atoms in total. The van der Waals surface area contributed by atoms with Crippen LogP contribution in [0.25, 0.3) is 6.08 Å². The minimum absolute atomic E-state index is 0.000174. The van der Waals surface area contributed by atoms with Gasteiger partial charge in [0.15, 0.2) is 0 Å². The Bertz CT molecular complexity index is 525. The molecule has 1 aromatic rings. The highest BCUT2D eigenvalue weighted by molar-refractivity contribution is 5.84. The zero-order valence-corrected chi connectivity index (χ0v) is 13.1. The Kier molecular flexibility index (Phi) is 6.19. The molecule has 1 aromatic carbocycles. The van der Waals surface area contributed by atoms with Crippen molar-refractivity contribution in [3.05, 3.63) is 42.0 Å². The van der Waals surface area contributed by atoms with Gasteiger partial charge in [0.1, 0.15) is 0 Å². The topological polar surface area (TPSA) is 49.4 Å². The van der Waals surface area contributed by atoms with Gasteiger partial charge in [-0.25, -0.2) is 0 Å². The van der Waals surface area contributed by atoms with Gasteiger partial charge in [-0.1, -0.05) is 55.3 Å². The van der Waals surface area contributed by atoms with Crippen molar-refractivity contribution in [1.82, 2.24) is 10.2 Å². The fourth-order valence-corrected chi connectivity index (χ4v) is 2.73. The maximum Gasteiger partial charge on any atom is 0.242 e. The van der Waals surface area contributed by atoms with Crippen LogP contribution in [-0.2, 0) is 9.59 Å². The van der Waals surface area contributed by atoms with Crippen molar-refractivity contribution in [2.75, 3.05) is 13.1 Å². The van der Waals surface area contributed by atoms with Crippen LogP contribution in [-0.4, -0.2) is 35.8 Å². The van der Waals surface area contributed by atoms with Crippen LogP contribution >= 0.6 is 0 Å². The number of nitrogens with one attached hydrogen (secondary N) is 1. The summed E-state index contributed by atoms with van der Waals surface area (Å²) in [5, 5.41) is 2.60. The lowest BCUT2D eigenvalue weighted by molar-refractivity contribution is -0.133. The number of amides is 2. The van der Waals surface area contributed by atoms with Gasteiger partial charge in [-0.2, -0.15) is 0 Å². The van der Waals surface area contributed by atoms with Crippen molar-refractivity contribution in [3.63, 3.8) is 0 Å². The smallest absolute Gasteiger partial charge is 0.242 e. The van der Waals surface area contributed by atoms with Gasteiger partial charge < -0.3 is 10.2 Å². The first-order valence-electron chi connectivity index (χ1n) is 7.94. The van der Waals surface area contributed by atoms with Crippen LogP contribution in [0.4, 0.5) is 0 Å². The molecule has 2 rings (SSSR count). The molecule has 118 valence electrons. The van der Waals surface area contributed by atoms with Crippen LogP contribution in [0, 0.1) is 0 Å². The van der Waals surface area contributed by atoms with Crippen molar-refractivity contribution in [2.24, 2.45) is 0 Å². The summed E-state index contributed by atoms with van der Waals surface area (Å²) in [5.41, 5.74) is 1.14. The van der Waals surface area contributed by atoms with Crippen molar-refractivity contribution in [2.45, 2.75) is 38.6 Å². The van der Waals surface area contributed by atoms with Gasteiger partial charge in [0.2, 0.25) is 11.8 Å². The second kappa shape index (κ2) is 8.37. The zero-order chi connectivity index (χ0) is 15.8. The van der Waals surface area contributed by atoms with Crippen molar-refractivity contribution in [3.8, 4) is 0 Å². The van der Waals surface area contributed by atoms with E-state index in [2.05, 4.69) is 29.6 Å². The summed E-state index contributed by atoms with van der Waals surface area (Å²) in [6, 6.07) is 10.2. The highest BCUT2D eigenvalue weighted by atomic mass is 16.2. The molecule has 0 bridgehead atoms. The quantitative estimate of drug-likeness (QED) is 0.929. The summed E-state index contributed by atoms with van der Waals surface area (Å²) in [6.45, 7) is 2.29. The first kappa shape index (κ1) is 16.3. The van der Waals surface area contributed by atoms with E-state index in [0.717, 1.165) is 37.8 Å². The van der Waals surface area contributed by atoms with Gasteiger partial charge in [-0.05, 0) is 18.4 Å². The molecule has 22 heavy (non-hydrogen) atoms. The Morgan fingerprint density at radius 3 is 2.73 bits per heavy atom. The van der Waals surface area contributed by atoms with E-state index in [1.807, 2.05) is 23.1 Å². The lowest BCUT2D eigenvalue weighted by Gasteiger charge is -2.28. The maximum absolute atomic E-state index is 12.4. The van der Waals surface area contributed by atoms with Gasteiger partial charge in [0, 0.05) is 13.5 Å². The Morgan fingerprint density at radius 1 is 1.23 bits per heavy atom. The fraction of sp³-hybridized carbons (Fsp3) is 0.444. The van der Waals surface area contributed by atoms with Gasteiger partial charge in [0.05, 0.1) is 12.6 Å². The van der Waals surface area contributed by atoms with Gasteiger partial charge >= 0.3 is 0 Å². The maximum atomic E-state index is 12.4. The summed E-state index contributed by atoms with van der Waals surface area (Å²) >= 11 is 0. The van der Waals surface area contributed by atoms with Gasteiger partial charge in [0.25, 0.3) is 0 Å². The molecule has 1 fully saturated rings. The van der Waals surface area contributed by atoms with E-state index in [9.17, 15) is 9.59 Å². The Hall–Kier alpha value is -2.10. The third kappa shape index (κ3) is 5.02. The normalized spacial score (nSPS) is 19.0. The fourth-order valence-electron chi connectivity index (χ4n) is 2.73. The molecule has 1 aliphatic heterocycles. The van der Waals surface area contributed by atoms with E-state index < -0.39 is 0 Å². The Balaban J connectivity index is 2.05. The highest BCUT2D eigenvalue weighted by Crippen LogP contribution is 2.19. The second-order valence-electron chi connectivity index (χ2n) is 5.68. The van der Waals surface area contributed by atoms with Crippen LogP contribution in [0.3, 0.4) is 0 Å². The predicted octanol–water partition coefficient (Wildman–Crippen LogP) is 2.61. The monoisotopic (exact) mass is 300 g/mol. The second-order valence-corrected chi connectivity index (χ2v) is 5.68. The minimum Gasteiger partial charge on any atom is -0.347 e. The van der Waals surface area contributed by atoms with E-state index in [-0.39, 0.29) is 24.4 Å². The summed E-state index contributed by atoms with van der Waals surface area (Å²) in [5.74, 6) is -0.167. The molecule has 1 N–H and O–H groups in total. The molecule has 1 saturated heterocycles. The number of likely N-dealkylation sites (tertiary alicyclic amines) is 1. The number of rotatable bonds is 4. The summed E-state index contributed by atoms with van der Waals surface area (Å²) in [7, 11) is 0. The van der Waals surface area contributed by atoms with Crippen LogP contribution in [0.1, 0.15) is 38.2 Å². The van der Waals surface area contributed by atoms with Crippen molar-refractivity contribution < 1.29 is 9.59 Å². The number of nitrogens with zero attached hydrogens (tertiary/aromatic N) is 1. The molecular formula is C18H24N2O2. The average Bonchev–Trinajstić information content (AvgIpc) is 2.77. The number of carbonyl (C=O) groups is 2. The molecule has 0 spiro atoms. The Morgan fingerprint density at radius 2 is 2.00 bits per heavy atom. The molecule has 2 amide bonds. The van der Waals surface area contributed by atoms with E-state index in [1.54, 1.807) is 0 Å². The third-order valence-corrected chi connectivity index (χ3v) is 3.92. The molecule has 1 atom stereocenters. The van der Waals surface area contributed by atoms with E-state index in [4.69, 9.17) is 0 Å². The number of benzene rings is 1. The van der Waals surface area contributed by atoms with E-state index >= 15 is 0 Å². The van der Waals surface area contributed by atoms with Gasteiger partial charge in [-0.15, -0.1) is 0 Å². The van der Waals surface area contributed by atoms with Crippen LogP contribution in [0.5, 0.6) is 0 Å². The van der Waals surface area contributed by atoms with Crippen LogP contribution in [0.15, 0.2) is 36.4 Å². The first-order valence-corrected chi connectivity index (χ1v) is 7.94. The number of hydrogen-bond acceptors (Lipinski definition) is 2. The molecule has 4 heteroatoms. The molecule has 0 aromatic heterocycles. The standard InChI is InChI=1S/C18H24N2O2/c1-15(21)19-14-18(22)20-13-7-3-6-10-17(20)12-11-16-8-4-2-5-9-16/h2,4-5,8-9,11-12,17H,3,6-7,10,13-14H2,1H3,(H,19,21)/b12-11+. The molecule has 0 radical (unpaired) electrons. The molecule has 1 aliphatic rings. The van der Waals surface area contributed by atoms with Crippen LogP contribution in [0.2, 0.25) is 0 Å². The summed E-state index contributed by atoms with van der Waals surface area (Å²) in [6.07, 6.45) is 8.49. The first-order chi connectivity index (χ1) is 10.7. The van der Waals surface area contributed by atoms with E-state index in [1.165, 1.54) is 6.92 Å². The minimum atomic E-state index is -0.167. The van der Waals surface area contributed by atoms with Crippen molar-refractivity contribution >= 4 is 17.9 Å². The third-order valence-electron chi connectivity index (χ3n) is 3.92. The number of carbonyl (C=O) groups excluding carboxylic acids is 2. The predicted molar refractivity (Wildman–Crippen MR) is 88.1 cm³/mol. The molecule has 0 saturated carbocycles. The molecule has 1 unspecified atom stereocenters. The summed E-state index contributed by atoms with van der Waals surface area (Å²) < 4.78 is 0. The lowest BCUT2D eigenvalue weighted by Crippen LogP contribution is -2.44. The molecule has 1 heterocycles. The van der Waals surface area contributed by atoms with Crippen molar-refractivity contribution in [1.29, 1.82) is 0 Å². The molecule has 0 aliphatic carbocycles. The zero-order valence-electron chi connectivity index (χ0n) is 13.1. The summed E-state index contributed by atoms with van der Waals surface area (Å²) in [4.78, 5) is 25.3. The van der Waals surface area contributed by atoms with Crippen LogP contribution < -0.4 is 5.32 Å². The highest BCUT2D eigenvalue weighted by Gasteiger charge is 2.23. The Labute approximate surface area is 132 Å². The average molecular weight is 300 g/mol. The SMILES string of the molecule is CC(=O)NCC(=O)N1CCCCCC1/C=C/c1ccccc1. The van der Waals surface area contributed by atoms with E-state index in [0.29, 0.717) is 0 Å². The largest absolute Gasteiger partial charge is 0.347 e.